The molecule has 0 unspecified atom stereocenters. The molecule has 0 aliphatic carbocycles. The first-order valence-corrected chi connectivity index (χ1v) is 11.9. The smallest absolute Gasteiger partial charge is 0.226 e. The number of aromatic nitrogens is 1. The van der Waals surface area contributed by atoms with E-state index in [2.05, 4.69) is 33.1 Å². The van der Waals surface area contributed by atoms with E-state index in [4.69, 9.17) is 41.8 Å². The molecule has 7 nitrogen and oxygen atoms in total. The predicted octanol–water partition coefficient (Wildman–Crippen LogP) is 4.75. The average molecular weight is 509 g/mol. The van der Waals surface area contributed by atoms with E-state index in [0.717, 1.165) is 35.4 Å². The molecule has 0 bridgehead atoms. The second-order valence-electron chi connectivity index (χ2n) is 6.75. The van der Waals surface area contributed by atoms with Crippen molar-refractivity contribution in [2.75, 3.05) is 5.32 Å². The summed E-state index contributed by atoms with van der Waals surface area (Å²) in [5.41, 5.74) is 10.4. The molecule has 0 saturated heterocycles. The van der Waals surface area contributed by atoms with Gasteiger partial charge in [-0.15, -0.1) is 0 Å². The summed E-state index contributed by atoms with van der Waals surface area (Å²) in [6.45, 7) is 3.95. The van der Waals surface area contributed by atoms with Crippen molar-refractivity contribution in [3.05, 3.63) is 51.5 Å². The molecule has 11 heteroatoms. The lowest BCUT2D eigenvalue weighted by atomic mass is 10.1. The summed E-state index contributed by atoms with van der Waals surface area (Å²) in [4.78, 5) is 17.2. The molecule has 170 valence electrons. The molecule has 1 amide bonds. The van der Waals surface area contributed by atoms with Crippen LogP contribution in [0, 0.1) is 6.92 Å². The van der Waals surface area contributed by atoms with Crippen molar-refractivity contribution in [1.29, 1.82) is 0 Å². The topological polar surface area (TPSA) is 104 Å². The van der Waals surface area contributed by atoms with Crippen molar-refractivity contribution in [2.45, 2.75) is 39.5 Å². The van der Waals surface area contributed by atoms with E-state index in [1.54, 1.807) is 0 Å². The predicted molar refractivity (Wildman–Crippen MR) is 142 cm³/mol. The van der Waals surface area contributed by atoms with E-state index in [1.165, 1.54) is 11.3 Å². The van der Waals surface area contributed by atoms with Gasteiger partial charge in [-0.2, -0.15) is 5.10 Å². The van der Waals surface area contributed by atoms with Crippen molar-refractivity contribution in [2.24, 2.45) is 10.8 Å². The number of rotatable bonds is 9. The number of amides is 1. The number of nitrogens with two attached hydrogens (primary N) is 1. The minimum atomic E-state index is -0.113. The van der Waals surface area contributed by atoms with Gasteiger partial charge in [0.15, 0.2) is 15.4 Å². The molecule has 0 saturated carbocycles. The number of unbranched alkanes of at least 4 members (excludes halogenated alkanes) is 2. The third kappa shape index (κ3) is 8.99. The molecule has 0 atom stereocenters. The molecule has 2 rings (SSSR count). The molecule has 1 heterocycles. The molecule has 1 aromatic carbocycles. The van der Waals surface area contributed by atoms with Gasteiger partial charge in [-0.25, -0.2) is 4.98 Å². The normalized spacial score (nSPS) is 11.4. The zero-order valence-electron chi connectivity index (χ0n) is 17.8. The average Bonchev–Trinajstić information content (AvgIpc) is 3.08. The Morgan fingerprint density at radius 2 is 2.00 bits per heavy atom. The van der Waals surface area contributed by atoms with Gasteiger partial charge in [-0.05, 0) is 61.6 Å². The van der Waals surface area contributed by atoms with Crippen molar-refractivity contribution < 1.29 is 4.79 Å². The standard InChI is InChI=1S/C21H25ClN6OS3/c1-3-4-5-6-17(29)25-20(31)26-21-24-13(2)18(32-21)16(27-28-19(23)30)12-9-14-7-10-15(22)11-8-14/h7-12H,3-6H2,1-2H3,(H3,23,28,30)(H2,24,25,26,29,31). The summed E-state index contributed by atoms with van der Waals surface area (Å²) in [5.74, 6) is -0.113. The number of carbonyl (C=O) groups excluding carboxylic acids is 1. The zero-order valence-corrected chi connectivity index (χ0v) is 21.0. The number of halogens is 1. The molecule has 0 aliphatic rings. The highest BCUT2D eigenvalue weighted by Gasteiger charge is 2.14. The highest BCUT2D eigenvalue weighted by molar-refractivity contribution is 7.80. The van der Waals surface area contributed by atoms with Gasteiger partial charge in [0.05, 0.1) is 10.6 Å². The number of thiazole rings is 1. The summed E-state index contributed by atoms with van der Waals surface area (Å²) >= 11 is 17.4. The van der Waals surface area contributed by atoms with Crippen molar-refractivity contribution >= 4 is 80.4 Å². The van der Waals surface area contributed by atoms with Crippen LogP contribution in [0.3, 0.4) is 0 Å². The maximum atomic E-state index is 12.0. The number of carbonyl (C=O) groups is 1. The Bertz CT molecular complexity index is 1020. The van der Waals surface area contributed by atoms with E-state index in [9.17, 15) is 4.79 Å². The number of aryl methyl sites for hydroxylation is 1. The molecule has 32 heavy (non-hydrogen) atoms. The van der Waals surface area contributed by atoms with E-state index >= 15 is 0 Å². The van der Waals surface area contributed by atoms with E-state index in [-0.39, 0.29) is 16.1 Å². The fourth-order valence-electron chi connectivity index (χ4n) is 2.57. The molecule has 0 fully saturated rings. The zero-order chi connectivity index (χ0) is 23.5. The molecular weight excluding hydrogens is 484 g/mol. The van der Waals surface area contributed by atoms with Crippen LogP contribution in [0.25, 0.3) is 6.08 Å². The second kappa shape index (κ2) is 13.2. The fraction of sp³-hybridized carbons (Fsp3) is 0.286. The second-order valence-corrected chi connectivity index (χ2v) is 9.03. The monoisotopic (exact) mass is 508 g/mol. The van der Waals surface area contributed by atoms with Crippen LogP contribution in [0.15, 0.2) is 35.4 Å². The number of hydrogen-bond acceptors (Lipinski definition) is 6. The van der Waals surface area contributed by atoms with Gasteiger partial charge >= 0.3 is 0 Å². The van der Waals surface area contributed by atoms with Gasteiger partial charge in [0, 0.05) is 11.4 Å². The first-order chi connectivity index (χ1) is 15.3. The highest BCUT2D eigenvalue weighted by Crippen LogP contribution is 2.24. The molecule has 1 aromatic heterocycles. The molecular formula is C21H25ClN6OS3. The summed E-state index contributed by atoms with van der Waals surface area (Å²) < 4.78 is 0. The summed E-state index contributed by atoms with van der Waals surface area (Å²) in [5, 5.41) is 11.4. The minimum Gasteiger partial charge on any atom is -0.375 e. The van der Waals surface area contributed by atoms with Gasteiger partial charge < -0.3 is 16.4 Å². The maximum absolute atomic E-state index is 12.0. The number of allylic oxidation sites excluding steroid dienone is 1. The number of benzene rings is 1. The Morgan fingerprint density at radius 3 is 2.66 bits per heavy atom. The number of thiocarbonyl (C=S) groups is 2. The van der Waals surface area contributed by atoms with E-state index in [0.29, 0.717) is 22.3 Å². The molecule has 5 N–H and O–H groups in total. The minimum absolute atomic E-state index is 0.0508. The largest absolute Gasteiger partial charge is 0.375 e. The van der Waals surface area contributed by atoms with Crippen LogP contribution in [-0.4, -0.2) is 26.8 Å². The number of nitrogens with one attached hydrogen (secondary N) is 3. The quantitative estimate of drug-likeness (QED) is 0.168. The fourth-order valence-corrected chi connectivity index (χ4v) is 3.96. The van der Waals surface area contributed by atoms with Crippen LogP contribution < -0.4 is 21.8 Å². The van der Waals surface area contributed by atoms with Gasteiger partial charge in [0.1, 0.15) is 5.71 Å². The maximum Gasteiger partial charge on any atom is 0.226 e. The molecule has 0 aliphatic heterocycles. The van der Waals surface area contributed by atoms with E-state index < -0.39 is 0 Å². The lowest BCUT2D eigenvalue weighted by Gasteiger charge is -2.06. The number of nitrogens with zero attached hydrogens (tertiary/aromatic N) is 2. The van der Waals surface area contributed by atoms with Gasteiger partial charge in [-0.3, -0.25) is 10.2 Å². The van der Waals surface area contributed by atoms with Gasteiger partial charge in [0.2, 0.25) is 5.91 Å². The summed E-state index contributed by atoms with van der Waals surface area (Å²) in [7, 11) is 0. The van der Waals surface area contributed by atoms with E-state index in [1.807, 2.05) is 43.3 Å². The van der Waals surface area contributed by atoms with Crippen molar-refractivity contribution in [1.82, 2.24) is 15.7 Å². The first kappa shape index (κ1) is 25.9. The number of hydrazone groups is 1. The number of anilines is 1. The molecule has 0 spiro atoms. The van der Waals surface area contributed by atoms with Crippen LogP contribution in [0.2, 0.25) is 5.02 Å². The summed E-state index contributed by atoms with van der Waals surface area (Å²) in [6, 6.07) is 7.41. The lowest BCUT2D eigenvalue weighted by molar-refractivity contribution is -0.119. The Labute approximate surface area is 207 Å². The number of hydrogen-bond donors (Lipinski definition) is 4. The highest BCUT2D eigenvalue weighted by atomic mass is 35.5. The van der Waals surface area contributed by atoms with Gasteiger partial charge in [0.25, 0.3) is 0 Å². The summed E-state index contributed by atoms with van der Waals surface area (Å²) in [6.07, 6.45) is 7.05. The van der Waals surface area contributed by atoms with Crippen LogP contribution in [0.5, 0.6) is 0 Å². The van der Waals surface area contributed by atoms with Crippen LogP contribution >= 0.6 is 47.4 Å². The Kier molecular flexibility index (Phi) is 10.7. The Balaban J connectivity index is 2.14. The van der Waals surface area contributed by atoms with Crippen LogP contribution in [0.4, 0.5) is 5.13 Å². The van der Waals surface area contributed by atoms with Crippen molar-refractivity contribution in [3.63, 3.8) is 0 Å². The lowest BCUT2D eigenvalue weighted by Crippen LogP contribution is -2.33. The van der Waals surface area contributed by atoms with Crippen LogP contribution in [-0.2, 0) is 4.79 Å². The molecule has 2 aromatic rings. The Hall–Kier alpha value is -2.40. The third-order valence-corrected chi connectivity index (χ3v) is 5.74. The first-order valence-electron chi connectivity index (χ1n) is 9.94. The molecule has 0 radical (unpaired) electrons. The van der Waals surface area contributed by atoms with Gasteiger partial charge in [-0.1, -0.05) is 60.9 Å². The SMILES string of the molecule is CCCCCC(=O)NC(=S)Nc1nc(C)c(C(C=Cc2ccc(Cl)cc2)=NNC(N)=S)s1. The Morgan fingerprint density at radius 1 is 1.28 bits per heavy atom. The third-order valence-electron chi connectivity index (χ3n) is 4.10. The van der Waals surface area contributed by atoms with Crippen LogP contribution in [0.1, 0.15) is 48.7 Å². The van der Waals surface area contributed by atoms with Crippen molar-refractivity contribution in [3.8, 4) is 0 Å².